The van der Waals surface area contributed by atoms with Gasteiger partial charge in [-0.1, -0.05) is 18.2 Å². The van der Waals surface area contributed by atoms with Crippen LogP contribution in [0.5, 0.6) is 0 Å². The molecule has 3 amide bonds. The average Bonchev–Trinajstić information content (AvgIpc) is 2.90. The summed E-state index contributed by atoms with van der Waals surface area (Å²) < 4.78 is 4.96. The quantitative estimate of drug-likeness (QED) is 0.533. The summed E-state index contributed by atoms with van der Waals surface area (Å²) in [6.45, 7) is -0.563. The molecular weight excluding hydrogens is 382 g/mol. The predicted octanol–water partition coefficient (Wildman–Crippen LogP) is 1.74. The van der Waals surface area contributed by atoms with E-state index >= 15 is 0 Å². The van der Waals surface area contributed by atoms with E-state index in [1.54, 1.807) is 42.5 Å². The molecule has 0 bridgehead atoms. The fourth-order valence-corrected chi connectivity index (χ4v) is 3.32. The predicted molar refractivity (Wildman–Crippen MR) is 103 cm³/mol. The largest absolute Gasteiger partial charge is 0.452 e. The van der Waals surface area contributed by atoms with E-state index < -0.39 is 24.4 Å². The molecule has 0 spiro atoms. The summed E-state index contributed by atoms with van der Waals surface area (Å²) in [5.41, 5.74) is 5.54. The molecule has 3 rings (SSSR count). The van der Waals surface area contributed by atoms with Crippen molar-refractivity contribution in [1.82, 2.24) is 10.9 Å². The fraction of sp³-hybridized carbons (Fsp3) is 0.158. The Hall–Kier alpha value is -3.33. The summed E-state index contributed by atoms with van der Waals surface area (Å²) in [6.07, 6.45) is 0.397. The minimum absolute atomic E-state index is 0.120. The number of amides is 3. The number of thioether (sulfide) groups is 1. The van der Waals surface area contributed by atoms with Crippen molar-refractivity contribution in [2.75, 3.05) is 17.7 Å². The Kier molecular flexibility index (Phi) is 6.28. The van der Waals surface area contributed by atoms with Crippen LogP contribution in [0.25, 0.3) is 0 Å². The maximum atomic E-state index is 12.2. The molecule has 2 aromatic carbocycles. The minimum atomic E-state index is -0.712. The molecule has 9 heteroatoms. The number of benzene rings is 2. The molecule has 0 aliphatic carbocycles. The Bertz CT molecular complexity index is 917. The highest BCUT2D eigenvalue weighted by Crippen LogP contribution is 2.31. The number of fused-ring (bicyclic) bond motifs is 1. The van der Waals surface area contributed by atoms with Crippen LogP contribution in [0, 0.1) is 0 Å². The van der Waals surface area contributed by atoms with Gasteiger partial charge in [0.25, 0.3) is 11.8 Å². The molecule has 0 saturated carbocycles. The second kappa shape index (κ2) is 9.05. The summed E-state index contributed by atoms with van der Waals surface area (Å²) in [4.78, 5) is 48.3. The third-order valence-electron chi connectivity index (χ3n) is 3.76. The normalized spacial score (nSPS) is 12.8. The molecule has 144 valence electrons. The lowest BCUT2D eigenvalue weighted by molar-refractivity contribution is -0.125. The SMILES string of the molecule is O=C(COC(=O)c1ccc2c(c1)NC(=O)CCS2)NNC(=O)c1ccccc1. The van der Waals surface area contributed by atoms with Crippen molar-refractivity contribution in [3.63, 3.8) is 0 Å². The molecule has 3 N–H and O–H groups in total. The molecular formula is C19H17N3O5S. The zero-order chi connectivity index (χ0) is 19.9. The number of anilines is 1. The molecule has 0 radical (unpaired) electrons. The smallest absolute Gasteiger partial charge is 0.338 e. The first-order valence-electron chi connectivity index (χ1n) is 8.41. The monoisotopic (exact) mass is 399 g/mol. The number of hydrazine groups is 1. The molecule has 8 nitrogen and oxygen atoms in total. The maximum absolute atomic E-state index is 12.2. The number of hydrogen-bond donors (Lipinski definition) is 3. The number of carbonyl (C=O) groups excluding carboxylic acids is 4. The van der Waals surface area contributed by atoms with Crippen LogP contribution in [-0.4, -0.2) is 36.1 Å². The van der Waals surface area contributed by atoms with E-state index in [1.165, 1.54) is 17.8 Å². The maximum Gasteiger partial charge on any atom is 0.338 e. The summed E-state index contributed by atoms with van der Waals surface area (Å²) >= 11 is 1.52. The number of nitrogens with one attached hydrogen (secondary N) is 3. The highest BCUT2D eigenvalue weighted by molar-refractivity contribution is 7.99. The van der Waals surface area contributed by atoms with Gasteiger partial charge in [-0.25, -0.2) is 4.79 Å². The number of ether oxygens (including phenoxy) is 1. The Morgan fingerprint density at radius 3 is 2.61 bits per heavy atom. The van der Waals surface area contributed by atoms with E-state index in [1.807, 2.05) is 0 Å². The molecule has 1 heterocycles. The first kappa shape index (κ1) is 19.4. The van der Waals surface area contributed by atoms with Crippen LogP contribution in [0.15, 0.2) is 53.4 Å². The molecule has 1 aliphatic heterocycles. The standard InChI is InChI=1S/C19H17N3O5S/c23-16-8-9-28-15-7-6-13(10-14(15)20-16)19(26)27-11-17(24)21-22-18(25)12-4-2-1-3-5-12/h1-7,10H,8-9,11H2,(H,20,23)(H,21,24)(H,22,25). The molecule has 0 saturated heterocycles. The van der Waals surface area contributed by atoms with Gasteiger partial charge in [0.05, 0.1) is 11.3 Å². The first-order valence-corrected chi connectivity index (χ1v) is 9.39. The molecule has 0 atom stereocenters. The Labute approximate surface area is 165 Å². The van der Waals surface area contributed by atoms with Crippen LogP contribution in [0.1, 0.15) is 27.1 Å². The van der Waals surface area contributed by atoms with Gasteiger partial charge in [0, 0.05) is 22.6 Å². The van der Waals surface area contributed by atoms with Gasteiger partial charge < -0.3 is 10.1 Å². The number of carbonyl (C=O) groups is 4. The van der Waals surface area contributed by atoms with Crippen molar-refractivity contribution >= 4 is 41.1 Å². The van der Waals surface area contributed by atoms with E-state index in [0.717, 1.165) is 4.90 Å². The lowest BCUT2D eigenvalue weighted by atomic mass is 10.2. The zero-order valence-electron chi connectivity index (χ0n) is 14.7. The minimum Gasteiger partial charge on any atom is -0.452 e. The number of rotatable bonds is 4. The topological polar surface area (TPSA) is 114 Å². The second-order valence-electron chi connectivity index (χ2n) is 5.80. The van der Waals surface area contributed by atoms with Crippen LogP contribution < -0.4 is 16.2 Å². The van der Waals surface area contributed by atoms with Crippen molar-refractivity contribution < 1.29 is 23.9 Å². The van der Waals surface area contributed by atoms with Crippen LogP contribution in [-0.2, 0) is 14.3 Å². The van der Waals surface area contributed by atoms with E-state index in [4.69, 9.17) is 4.74 Å². The van der Waals surface area contributed by atoms with Gasteiger partial charge >= 0.3 is 5.97 Å². The highest BCUT2D eigenvalue weighted by Gasteiger charge is 2.17. The summed E-state index contributed by atoms with van der Waals surface area (Å²) in [5.74, 6) is -1.34. The second-order valence-corrected chi connectivity index (χ2v) is 6.94. The van der Waals surface area contributed by atoms with Crippen molar-refractivity contribution in [3.8, 4) is 0 Å². The van der Waals surface area contributed by atoms with Gasteiger partial charge in [-0.3, -0.25) is 25.2 Å². The zero-order valence-corrected chi connectivity index (χ0v) is 15.5. The molecule has 0 fully saturated rings. The fourth-order valence-electron chi connectivity index (χ4n) is 2.39. The van der Waals surface area contributed by atoms with Gasteiger partial charge in [0.1, 0.15) is 0 Å². The van der Waals surface area contributed by atoms with Crippen LogP contribution in [0.4, 0.5) is 5.69 Å². The van der Waals surface area contributed by atoms with Crippen molar-refractivity contribution in [3.05, 3.63) is 59.7 Å². The third kappa shape index (κ3) is 5.10. The lowest BCUT2D eigenvalue weighted by Crippen LogP contribution is -2.43. The van der Waals surface area contributed by atoms with Gasteiger partial charge in [-0.2, -0.15) is 0 Å². The molecule has 2 aromatic rings. The summed E-state index contributed by atoms with van der Waals surface area (Å²) in [5, 5.41) is 2.74. The van der Waals surface area contributed by atoms with Crippen molar-refractivity contribution in [2.45, 2.75) is 11.3 Å². The molecule has 28 heavy (non-hydrogen) atoms. The van der Waals surface area contributed by atoms with Gasteiger partial charge in [0.15, 0.2) is 6.61 Å². The average molecular weight is 399 g/mol. The highest BCUT2D eigenvalue weighted by atomic mass is 32.2. The molecule has 0 aromatic heterocycles. The van der Waals surface area contributed by atoms with Gasteiger partial charge in [0.2, 0.25) is 5.91 Å². The Balaban J connectivity index is 1.50. The number of esters is 1. The van der Waals surface area contributed by atoms with Crippen LogP contribution in [0.3, 0.4) is 0 Å². The Morgan fingerprint density at radius 1 is 1.04 bits per heavy atom. The Morgan fingerprint density at radius 2 is 1.82 bits per heavy atom. The number of hydrogen-bond acceptors (Lipinski definition) is 6. The molecule has 0 unspecified atom stereocenters. The summed E-state index contributed by atoms with van der Waals surface area (Å²) in [7, 11) is 0. The van der Waals surface area contributed by atoms with Gasteiger partial charge in [-0.15, -0.1) is 11.8 Å². The van der Waals surface area contributed by atoms with E-state index in [2.05, 4.69) is 16.2 Å². The van der Waals surface area contributed by atoms with Crippen LogP contribution >= 0.6 is 11.8 Å². The van der Waals surface area contributed by atoms with Gasteiger partial charge in [-0.05, 0) is 30.3 Å². The van der Waals surface area contributed by atoms with E-state index in [0.29, 0.717) is 23.4 Å². The lowest BCUT2D eigenvalue weighted by Gasteiger charge is -2.10. The van der Waals surface area contributed by atoms with Crippen molar-refractivity contribution in [1.29, 1.82) is 0 Å². The first-order chi connectivity index (χ1) is 13.5. The van der Waals surface area contributed by atoms with Crippen molar-refractivity contribution in [2.24, 2.45) is 0 Å². The third-order valence-corrected chi connectivity index (χ3v) is 4.84. The van der Waals surface area contributed by atoms with E-state index in [-0.39, 0.29) is 11.5 Å². The molecule has 1 aliphatic rings. The van der Waals surface area contributed by atoms with E-state index in [9.17, 15) is 19.2 Å². The summed E-state index contributed by atoms with van der Waals surface area (Å²) in [6, 6.07) is 13.2. The van der Waals surface area contributed by atoms with Crippen LogP contribution in [0.2, 0.25) is 0 Å².